The molecule has 5 heteroatoms. The molecule has 0 bridgehead atoms. The van der Waals surface area contributed by atoms with Crippen molar-refractivity contribution in [2.24, 2.45) is 4.99 Å². The summed E-state index contributed by atoms with van der Waals surface area (Å²) in [6, 6.07) is 24.2. The number of nitrogens with zero attached hydrogens (tertiary/aromatic N) is 2. The lowest BCUT2D eigenvalue weighted by Gasteiger charge is -2.18. The van der Waals surface area contributed by atoms with Crippen LogP contribution in [0.4, 0.5) is 0 Å². The van der Waals surface area contributed by atoms with Crippen molar-refractivity contribution in [1.82, 2.24) is 15.6 Å². The van der Waals surface area contributed by atoms with Gasteiger partial charge >= 0.3 is 0 Å². The van der Waals surface area contributed by atoms with Crippen LogP contribution in [0.2, 0.25) is 0 Å². The molecule has 0 aliphatic heterocycles. The Balaban J connectivity index is 1.57. The highest BCUT2D eigenvalue weighted by molar-refractivity contribution is 5.79. The van der Waals surface area contributed by atoms with E-state index in [-0.39, 0.29) is 12.5 Å². The van der Waals surface area contributed by atoms with Gasteiger partial charge in [0.1, 0.15) is 0 Å². The number of guanidine groups is 1. The van der Waals surface area contributed by atoms with Gasteiger partial charge in [-0.15, -0.1) is 0 Å². The van der Waals surface area contributed by atoms with E-state index in [1.165, 1.54) is 0 Å². The number of hydrogen-bond donors (Lipinski definition) is 3. The SMILES string of the molecule is CN=C(NCc1cccc(-c2ccccn2)c1)NCC(CO)c1ccccc1. The number of nitrogens with one attached hydrogen (secondary N) is 2. The fourth-order valence-electron chi connectivity index (χ4n) is 3.01. The third-order valence-corrected chi connectivity index (χ3v) is 4.58. The first-order valence-corrected chi connectivity index (χ1v) is 9.41. The summed E-state index contributed by atoms with van der Waals surface area (Å²) in [5.41, 5.74) is 4.30. The maximum atomic E-state index is 9.71. The van der Waals surface area contributed by atoms with Crippen LogP contribution < -0.4 is 10.6 Å². The van der Waals surface area contributed by atoms with Crippen LogP contribution in [0.5, 0.6) is 0 Å². The zero-order valence-corrected chi connectivity index (χ0v) is 16.0. The van der Waals surface area contributed by atoms with Gasteiger partial charge < -0.3 is 15.7 Å². The summed E-state index contributed by atoms with van der Waals surface area (Å²) in [5.74, 6) is 0.727. The van der Waals surface area contributed by atoms with Gasteiger partial charge in [0, 0.05) is 37.8 Å². The van der Waals surface area contributed by atoms with E-state index in [1.807, 2.05) is 54.6 Å². The highest BCUT2D eigenvalue weighted by Crippen LogP contribution is 2.17. The van der Waals surface area contributed by atoms with Crippen LogP contribution in [0, 0.1) is 0 Å². The van der Waals surface area contributed by atoms with Crippen LogP contribution in [0.1, 0.15) is 17.0 Å². The van der Waals surface area contributed by atoms with Crippen LogP contribution in [0.15, 0.2) is 84.0 Å². The number of pyridine rings is 1. The molecule has 1 heterocycles. The van der Waals surface area contributed by atoms with E-state index in [9.17, 15) is 5.11 Å². The van der Waals surface area contributed by atoms with E-state index in [4.69, 9.17) is 0 Å². The molecule has 0 radical (unpaired) electrons. The summed E-state index contributed by atoms with van der Waals surface area (Å²) in [4.78, 5) is 8.69. The maximum Gasteiger partial charge on any atom is 0.191 e. The van der Waals surface area contributed by atoms with E-state index in [2.05, 4.69) is 38.8 Å². The Hall–Kier alpha value is -3.18. The van der Waals surface area contributed by atoms with Crippen LogP contribution in [0.25, 0.3) is 11.3 Å². The Morgan fingerprint density at radius 1 is 1.00 bits per heavy atom. The third-order valence-electron chi connectivity index (χ3n) is 4.58. The standard InChI is InChI=1S/C23H26N4O/c1-24-23(27-16-21(17-28)19-9-3-2-4-10-19)26-15-18-8-7-11-20(14-18)22-12-5-6-13-25-22/h2-14,21,28H,15-17H2,1H3,(H2,24,26,27). The van der Waals surface area contributed by atoms with E-state index in [0.717, 1.165) is 22.4 Å². The number of hydrogen-bond acceptors (Lipinski definition) is 3. The molecule has 2 aromatic carbocycles. The average Bonchev–Trinajstić information content (AvgIpc) is 2.78. The predicted octanol–water partition coefficient (Wildman–Crippen LogP) is 3.19. The van der Waals surface area contributed by atoms with Gasteiger partial charge in [-0.25, -0.2) is 0 Å². The quantitative estimate of drug-likeness (QED) is 0.439. The van der Waals surface area contributed by atoms with Crippen LogP contribution >= 0.6 is 0 Å². The normalized spacial score (nSPS) is 12.4. The van der Waals surface area contributed by atoms with E-state index < -0.39 is 0 Å². The van der Waals surface area contributed by atoms with Gasteiger partial charge in [0.05, 0.1) is 12.3 Å². The fourth-order valence-corrected chi connectivity index (χ4v) is 3.01. The van der Waals surface area contributed by atoms with Gasteiger partial charge in [0.2, 0.25) is 0 Å². The van der Waals surface area contributed by atoms with Crippen molar-refractivity contribution in [3.8, 4) is 11.3 Å². The number of aromatic nitrogens is 1. The first-order chi connectivity index (χ1) is 13.8. The second kappa shape index (κ2) is 10.2. The highest BCUT2D eigenvalue weighted by atomic mass is 16.3. The van der Waals surface area contributed by atoms with Crippen molar-refractivity contribution < 1.29 is 5.11 Å². The number of aliphatic hydroxyl groups excluding tert-OH is 1. The lowest BCUT2D eigenvalue weighted by Crippen LogP contribution is -2.39. The van der Waals surface area contributed by atoms with Gasteiger partial charge in [-0.05, 0) is 29.3 Å². The van der Waals surface area contributed by atoms with Crippen molar-refractivity contribution in [2.45, 2.75) is 12.5 Å². The predicted molar refractivity (Wildman–Crippen MR) is 114 cm³/mol. The van der Waals surface area contributed by atoms with Crippen molar-refractivity contribution in [1.29, 1.82) is 0 Å². The van der Waals surface area contributed by atoms with E-state index in [0.29, 0.717) is 19.0 Å². The van der Waals surface area contributed by atoms with Gasteiger partial charge in [-0.2, -0.15) is 0 Å². The van der Waals surface area contributed by atoms with E-state index in [1.54, 1.807) is 13.2 Å². The Morgan fingerprint density at radius 2 is 1.82 bits per heavy atom. The first kappa shape index (κ1) is 19.6. The van der Waals surface area contributed by atoms with Gasteiger partial charge in [-0.3, -0.25) is 9.98 Å². The number of aliphatic hydroxyl groups is 1. The molecule has 0 amide bonds. The minimum Gasteiger partial charge on any atom is -0.396 e. The summed E-state index contributed by atoms with van der Waals surface area (Å²) in [5, 5.41) is 16.3. The summed E-state index contributed by atoms with van der Waals surface area (Å²) in [6.07, 6.45) is 1.80. The average molecular weight is 374 g/mol. The second-order valence-electron chi connectivity index (χ2n) is 6.51. The highest BCUT2D eigenvalue weighted by Gasteiger charge is 2.11. The molecule has 0 spiro atoms. The smallest absolute Gasteiger partial charge is 0.191 e. The Bertz CT molecular complexity index is 881. The largest absolute Gasteiger partial charge is 0.396 e. The molecule has 0 saturated carbocycles. The molecule has 3 aromatic rings. The molecule has 1 atom stereocenters. The van der Waals surface area contributed by atoms with Gasteiger partial charge in [0.15, 0.2) is 5.96 Å². The minimum atomic E-state index is 0.0206. The number of aliphatic imine (C=N–C) groups is 1. The summed E-state index contributed by atoms with van der Waals surface area (Å²) < 4.78 is 0. The van der Waals surface area contributed by atoms with Gasteiger partial charge in [-0.1, -0.05) is 54.6 Å². The molecule has 5 nitrogen and oxygen atoms in total. The Kier molecular flexibility index (Phi) is 7.15. The number of benzene rings is 2. The molecular formula is C23H26N4O. The minimum absolute atomic E-state index is 0.0206. The Morgan fingerprint density at radius 3 is 2.54 bits per heavy atom. The second-order valence-corrected chi connectivity index (χ2v) is 6.51. The first-order valence-electron chi connectivity index (χ1n) is 9.41. The molecule has 0 aliphatic carbocycles. The van der Waals surface area contributed by atoms with Crippen molar-refractivity contribution in [3.05, 3.63) is 90.1 Å². The summed E-state index contributed by atoms with van der Waals surface area (Å²) in [6.45, 7) is 1.34. The van der Waals surface area contributed by atoms with Crippen molar-refractivity contribution >= 4 is 5.96 Å². The maximum absolute atomic E-state index is 9.71. The summed E-state index contributed by atoms with van der Waals surface area (Å²) in [7, 11) is 1.75. The van der Waals surface area contributed by atoms with E-state index >= 15 is 0 Å². The third kappa shape index (κ3) is 5.41. The van der Waals surface area contributed by atoms with Crippen LogP contribution in [-0.4, -0.2) is 36.2 Å². The molecule has 0 aliphatic rings. The topological polar surface area (TPSA) is 69.5 Å². The molecule has 144 valence electrons. The molecule has 1 unspecified atom stereocenters. The lowest BCUT2D eigenvalue weighted by atomic mass is 10.0. The molecule has 1 aromatic heterocycles. The fraction of sp³-hybridized carbons (Fsp3) is 0.217. The Labute approximate surface area is 166 Å². The molecule has 28 heavy (non-hydrogen) atoms. The zero-order chi connectivity index (χ0) is 19.6. The number of rotatable bonds is 7. The van der Waals surface area contributed by atoms with Crippen LogP contribution in [0.3, 0.4) is 0 Å². The van der Waals surface area contributed by atoms with Crippen LogP contribution in [-0.2, 0) is 6.54 Å². The van der Waals surface area contributed by atoms with Gasteiger partial charge in [0.25, 0.3) is 0 Å². The molecular weight excluding hydrogens is 348 g/mol. The monoisotopic (exact) mass is 374 g/mol. The lowest BCUT2D eigenvalue weighted by molar-refractivity contribution is 0.265. The summed E-state index contributed by atoms with van der Waals surface area (Å²) >= 11 is 0. The molecule has 0 saturated heterocycles. The molecule has 3 N–H and O–H groups in total. The molecule has 3 rings (SSSR count). The van der Waals surface area contributed by atoms with Crippen molar-refractivity contribution in [3.63, 3.8) is 0 Å². The van der Waals surface area contributed by atoms with Crippen molar-refractivity contribution in [2.75, 3.05) is 20.2 Å². The zero-order valence-electron chi connectivity index (χ0n) is 16.0. The molecule has 0 fully saturated rings.